The fraction of sp³-hybridized carbons (Fsp3) is 0.923. The Kier molecular flexibility index (Phi) is 4.05. The number of nitrogens with zero attached hydrogens (tertiary/aromatic N) is 1. The molecule has 1 saturated carbocycles. The molecule has 0 aromatic rings. The van der Waals surface area contributed by atoms with Gasteiger partial charge in [0, 0.05) is 20.0 Å². The van der Waals surface area contributed by atoms with Crippen LogP contribution in [-0.2, 0) is 4.79 Å². The molecule has 1 aliphatic carbocycles. The average Bonchev–Trinajstić information content (AvgIpc) is 2.90. The molecule has 0 spiro atoms. The van der Waals surface area contributed by atoms with Gasteiger partial charge in [-0.1, -0.05) is 12.8 Å². The average molecular weight is 240 g/mol. The summed E-state index contributed by atoms with van der Waals surface area (Å²) in [7, 11) is 1.81. The first-order valence-corrected chi connectivity index (χ1v) is 6.76. The Morgan fingerprint density at radius 3 is 2.76 bits per heavy atom. The van der Waals surface area contributed by atoms with Crippen LogP contribution in [0.1, 0.15) is 38.5 Å². The number of likely N-dealkylation sites (N-methyl/N-ethyl adjacent to an activating group) is 1. The molecule has 0 aromatic heterocycles. The van der Waals surface area contributed by atoms with Crippen molar-refractivity contribution in [3.63, 3.8) is 0 Å². The van der Waals surface area contributed by atoms with Gasteiger partial charge < -0.3 is 15.3 Å². The Bertz CT molecular complexity index is 269. The number of hydrogen-bond donors (Lipinski definition) is 2. The highest BCUT2D eigenvalue weighted by Crippen LogP contribution is 2.28. The Hall–Kier alpha value is -0.610. The molecule has 2 rings (SSSR count). The second-order valence-corrected chi connectivity index (χ2v) is 5.76. The summed E-state index contributed by atoms with van der Waals surface area (Å²) in [5.74, 6) is 0.776. The molecule has 17 heavy (non-hydrogen) atoms. The first-order valence-electron chi connectivity index (χ1n) is 6.76. The maximum atomic E-state index is 12.0. The molecule has 4 heteroatoms. The smallest absolute Gasteiger partial charge is 0.222 e. The molecule has 1 heterocycles. The van der Waals surface area contributed by atoms with Gasteiger partial charge in [0.15, 0.2) is 0 Å². The molecule has 1 saturated heterocycles. The summed E-state index contributed by atoms with van der Waals surface area (Å²) in [6.07, 6.45) is 6.36. The third kappa shape index (κ3) is 3.42. The van der Waals surface area contributed by atoms with Crippen LogP contribution in [-0.4, -0.2) is 48.2 Å². The summed E-state index contributed by atoms with van der Waals surface area (Å²) in [5, 5.41) is 13.4. The SMILES string of the molecule is CN(CC1(O)CCNC1)C(=O)CC1CCCC1. The number of amides is 1. The monoisotopic (exact) mass is 240 g/mol. The number of carbonyl (C=O) groups excluding carboxylic acids is 1. The van der Waals surface area contributed by atoms with E-state index in [-0.39, 0.29) is 5.91 Å². The van der Waals surface area contributed by atoms with Crippen LogP contribution < -0.4 is 5.32 Å². The number of aliphatic hydroxyl groups is 1. The van der Waals surface area contributed by atoms with Gasteiger partial charge in [-0.15, -0.1) is 0 Å². The zero-order valence-electron chi connectivity index (χ0n) is 10.7. The fourth-order valence-corrected chi connectivity index (χ4v) is 3.01. The molecular formula is C13H24N2O2. The second kappa shape index (κ2) is 5.36. The summed E-state index contributed by atoms with van der Waals surface area (Å²) in [6.45, 7) is 1.92. The number of carbonyl (C=O) groups is 1. The lowest BCUT2D eigenvalue weighted by molar-refractivity contribution is -0.133. The molecule has 2 N–H and O–H groups in total. The molecule has 0 radical (unpaired) electrons. The largest absolute Gasteiger partial charge is 0.387 e. The molecular weight excluding hydrogens is 216 g/mol. The van der Waals surface area contributed by atoms with E-state index in [1.54, 1.807) is 4.90 Å². The minimum absolute atomic E-state index is 0.192. The molecule has 0 aromatic carbocycles. The number of hydrogen-bond acceptors (Lipinski definition) is 3. The van der Waals surface area contributed by atoms with Crippen molar-refractivity contribution in [3.8, 4) is 0 Å². The van der Waals surface area contributed by atoms with Gasteiger partial charge in [-0.2, -0.15) is 0 Å². The number of rotatable bonds is 4. The lowest BCUT2D eigenvalue weighted by atomic mass is 10.0. The first kappa shape index (κ1) is 12.8. The third-order valence-electron chi connectivity index (χ3n) is 4.12. The minimum Gasteiger partial charge on any atom is -0.387 e. The predicted octanol–water partition coefficient (Wildman–Crippen LogP) is 0.749. The number of β-amino-alcohol motifs (C(OH)–C–C–N with tert-alkyl or cyclic N) is 1. The van der Waals surface area contributed by atoms with Crippen LogP contribution in [0.25, 0.3) is 0 Å². The van der Waals surface area contributed by atoms with E-state index in [9.17, 15) is 9.90 Å². The topological polar surface area (TPSA) is 52.6 Å². The van der Waals surface area contributed by atoms with Crippen molar-refractivity contribution < 1.29 is 9.90 Å². The van der Waals surface area contributed by atoms with Gasteiger partial charge in [-0.3, -0.25) is 4.79 Å². The highest BCUT2D eigenvalue weighted by Gasteiger charge is 2.33. The van der Waals surface area contributed by atoms with E-state index in [1.165, 1.54) is 25.7 Å². The van der Waals surface area contributed by atoms with Crippen molar-refractivity contribution in [2.45, 2.75) is 44.1 Å². The maximum Gasteiger partial charge on any atom is 0.222 e. The van der Waals surface area contributed by atoms with E-state index in [0.717, 1.165) is 13.0 Å². The summed E-state index contributed by atoms with van der Waals surface area (Å²) in [4.78, 5) is 13.7. The molecule has 1 amide bonds. The van der Waals surface area contributed by atoms with Crippen molar-refractivity contribution in [2.75, 3.05) is 26.7 Å². The molecule has 1 unspecified atom stereocenters. The number of nitrogens with one attached hydrogen (secondary N) is 1. The highest BCUT2D eigenvalue weighted by atomic mass is 16.3. The normalized spacial score (nSPS) is 29.8. The van der Waals surface area contributed by atoms with E-state index in [4.69, 9.17) is 0 Å². The van der Waals surface area contributed by atoms with Crippen molar-refractivity contribution in [3.05, 3.63) is 0 Å². The van der Waals surface area contributed by atoms with Crippen LogP contribution in [0, 0.1) is 5.92 Å². The van der Waals surface area contributed by atoms with Gasteiger partial charge in [0.25, 0.3) is 0 Å². The van der Waals surface area contributed by atoms with Crippen LogP contribution in [0.2, 0.25) is 0 Å². The maximum absolute atomic E-state index is 12.0. The third-order valence-corrected chi connectivity index (χ3v) is 4.12. The van der Waals surface area contributed by atoms with E-state index >= 15 is 0 Å². The minimum atomic E-state index is -0.708. The summed E-state index contributed by atoms with van der Waals surface area (Å²) in [6, 6.07) is 0. The Morgan fingerprint density at radius 2 is 2.18 bits per heavy atom. The van der Waals surface area contributed by atoms with E-state index < -0.39 is 5.60 Å². The van der Waals surface area contributed by atoms with Crippen LogP contribution in [0.5, 0.6) is 0 Å². The molecule has 1 atom stereocenters. The Balaban J connectivity index is 1.78. The van der Waals surface area contributed by atoms with E-state index in [1.807, 2.05) is 7.05 Å². The van der Waals surface area contributed by atoms with Crippen molar-refractivity contribution in [2.24, 2.45) is 5.92 Å². The van der Waals surface area contributed by atoms with Crippen LogP contribution in [0.15, 0.2) is 0 Å². The lowest BCUT2D eigenvalue weighted by Gasteiger charge is -2.28. The summed E-state index contributed by atoms with van der Waals surface area (Å²) in [5.41, 5.74) is -0.708. The van der Waals surface area contributed by atoms with Crippen LogP contribution in [0.4, 0.5) is 0 Å². The van der Waals surface area contributed by atoms with E-state index in [0.29, 0.717) is 25.4 Å². The van der Waals surface area contributed by atoms with Gasteiger partial charge in [-0.25, -0.2) is 0 Å². The molecule has 4 nitrogen and oxygen atoms in total. The zero-order valence-corrected chi connectivity index (χ0v) is 10.7. The van der Waals surface area contributed by atoms with Gasteiger partial charge in [0.1, 0.15) is 0 Å². The fourth-order valence-electron chi connectivity index (χ4n) is 3.01. The summed E-state index contributed by atoms with van der Waals surface area (Å²) >= 11 is 0. The molecule has 98 valence electrons. The van der Waals surface area contributed by atoms with Gasteiger partial charge in [0.05, 0.1) is 12.1 Å². The first-order chi connectivity index (χ1) is 8.09. The zero-order chi connectivity index (χ0) is 12.3. The van der Waals surface area contributed by atoms with Crippen molar-refractivity contribution in [1.82, 2.24) is 10.2 Å². The summed E-state index contributed by atoms with van der Waals surface area (Å²) < 4.78 is 0. The lowest BCUT2D eigenvalue weighted by Crippen LogP contribution is -2.45. The van der Waals surface area contributed by atoms with Crippen molar-refractivity contribution >= 4 is 5.91 Å². The Labute approximate surface area is 103 Å². The van der Waals surface area contributed by atoms with Crippen LogP contribution >= 0.6 is 0 Å². The van der Waals surface area contributed by atoms with Crippen molar-refractivity contribution in [1.29, 1.82) is 0 Å². The van der Waals surface area contributed by atoms with Crippen LogP contribution in [0.3, 0.4) is 0 Å². The Morgan fingerprint density at radius 1 is 1.47 bits per heavy atom. The van der Waals surface area contributed by atoms with Gasteiger partial charge in [0.2, 0.25) is 5.91 Å². The molecule has 2 fully saturated rings. The quantitative estimate of drug-likeness (QED) is 0.762. The highest BCUT2D eigenvalue weighted by molar-refractivity contribution is 5.76. The molecule has 2 aliphatic rings. The molecule has 0 bridgehead atoms. The van der Waals surface area contributed by atoms with E-state index in [2.05, 4.69) is 5.32 Å². The molecule has 1 aliphatic heterocycles. The van der Waals surface area contributed by atoms with Gasteiger partial charge in [-0.05, 0) is 31.7 Å². The second-order valence-electron chi connectivity index (χ2n) is 5.76. The standard InChI is InChI=1S/C13H24N2O2/c1-15(10-13(17)6-7-14-9-13)12(16)8-11-4-2-3-5-11/h11,14,17H,2-10H2,1H3. The van der Waals surface area contributed by atoms with Gasteiger partial charge >= 0.3 is 0 Å². The predicted molar refractivity (Wildman–Crippen MR) is 66.6 cm³/mol.